The molecular weight excluding hydrogens is 352 g/mol. The largest absolute Gasteiger partial charge is 0.318 e. The van der Waals surface area contributed by atoms with Gasteiger partial charge in [-0.05, 0) is 48.7 Å². The zero-order valence-corrected chi connectivity index (χ0v) is 17.9. The molecule has 0 aliphatic carbocycles. The van der Waals surface area contributed by atoms with E-state index in [0.717, 1.165) is 12.8 Å². The molecule has 0 spiro atoms. The first-order chi connectivity index (χ1) is 14.1. The van der Waals surface area contributed by atoms with Gasteiger partial charge < -0.3 is 9.80 Å². The summed E-state index contributed by atoms with van der Waals surface area (Å²) in [7, 11) is 0. The standard InChI is InChI=1S/C27H30N2/c1-5-26(3)21-16-10-11-17-22(21)29-24-19-13-12-18-23(24)28(20-14-8-7-9-15-20)25(29)27(26,4)6-2/h7-19,25H,5-6H2,1-4H3. The normalized spacial score (nSPS) is 27.4. The fraction of sp³-hybridized carbons (Fsp3) is 0.333. The summed E-state index contributed by atoms with van der Waals surface area (Å²) in [6, 6.07) is 28.9. The molecule has 0 N–H and O–H groups in total. The Bertz CT molecular complexity index is 1040. The second-order valence-corrected chi connectivity index (χ2v) is 8.91. The van der Waals surface area contributed by atoms with Crippen molar-refractivity contribution in [3.63, 3.8) is 0 Å². The van der Waals surface area contributed by atoms with Gasteiger partial charge >= 0.3 is 0 Å². The highest BCUT2D eigenvalue weighted by molar-refractivity contribution is 5.90. The highest BCUT2D eigenvalue weighted by Gasteiger charge is 2.60. The second kappa shape index (κ2) is 6.38. The molecule has 5 rings (SSSR count). The van der Waals surface area contributed by atoms with Crippen molar-refractivity contribution in [1.82, 2.24) is 0 Å². The number of hydrogen-bond acceptors (Lipinski definition) is 2. The third-order valence-electron chi connectivity index (χ3n) is 7.95. The summed E-state index contributed by atoms with van der Waals surface area (Å²) >= 11 is 0. The zero-order valence-electron chi connectivity index (χ0n) is 17.9. The van der Waals surface area contributed by atoms with Crippen LogP contribution in [0.2, 0.25) is 0 Å². The average molecular weight is 383 g/mol. The molecule has 0 saturated carbocycles. The highest BCUT2D eigenvalue weighted by atomic mass is 15.4. The molecule has 0 aromatic heterocycles. The summed E-state index contributed by atoms with van der Waals surface area (Å²) in [6.07, 6.45) is 2.48. The van der Waals surface area contributed by atoms with Crippen molar-refractivity contribution in [3.05, 3.63) is 84.4 Å². The molecule has 29 heavy (non-hydrogen) atoms. The van der Waals surface area contributed by atoms with Gasteiger partial charge in [0.1, 0.15) is 6.17 Å². The molecular formula is C27H30N2. The molecule has 3 atom stereocenters. The maximum atomic E-state index is 2.61. The van der Waals surface area contributed by atoms with Gasteiger partial charge in [0.2, 0.25) is 0 Å². The van der Waals surface area contributed by atoms with Crippen LogP contribution in [0.4, 0.5) is 22.7 Å². The average Bonchev–Trinajstić information content (AvgIpc) is 3.14. The number of fused-ring (bicyclic) bond motifs is 5. The smallest absolute Gasteiger partial charge is 0.117 e. The van der Waals surface area contributed by atoms with Crippen LogP contribution in [0.15, 0.2) is 78.9 Å². The molecule has 0 bridgehead atoms. The number of benzene rings is 3. The van der Waals surface area contributed by atoms with E-state index in [2.05, 4.69) is 116 Å². The summed E-state index contributed by atoms with van der Waals surface area (Å²) in [5.41, 5.74) is 6.89. The van der Waals surface area contributed by atoms with Crippen molar-refractivity contribution in [2.24, 2.45) is 5.41 Å². The molecule has 3 aromatic carbocycles. The molecule has 2 heterocycles. The lowest BCUT2D eigenvalue weighted by Crippen LogP contribution is -2.62. The topological polar surface area (TPSA) is 6.48 Å². The van der Waals surface area contributed by atoms with Crippen LogP contribution in [0, 0.1) is 5.41 Å². The van der Waals surface area contributed by atoms with Crippen LogP contribution >= 0.6 is 0 Å². The van der Waals surface area contributed by atoms with Gasteiger partial charge in [0.25, 0.3) is 0 Å². The fourth-order valence-corrected chi connectivity index (χ4v) is 5.86. The van der Waals surface area contributed by atoms with Crippen molar-refractivity contribution < 1.29 is 0 Å². The number of nitrogens with zero attached hydrogens (tertiary/aromatic N) is 2. The monoisotopic (exact) mass is 382 g/mol. The zero-order chi connectivity index (χ0) is 20.2. The molecule has 0 saturated heterocycles. The lowest BCUT2D eigenvalue weighted by atomic mass is 9.55. The number of para-hydroxylation sites is 4. The van der Waals surface area contributed by atoms with Gasteiger partial charge in [-0.2, -0.15) is 0 Å². The maximum absolute atomic E-state index is 2.61. The van der Waals surface area contributed by atoms with Crippen molar-refractivity contribution >= 4 is 22.7 Å². The van der Waals surface area contributed by atoms with Crippen molar-refractivity contribution in [1.29, 1.82) is 0 Å². The van der Waals surface area contributed by atoms with Crippen molar-refractivity contribution in [2.45, 2.75) is 52.1 Å². The Kier molecular flexibility index (Phi) is 4.03. The first-order valence-corrected chi connectivity index (χ1v) is 10.9. The van der Waals surface area contributed by atoms with Gasteiger partial charge in [-0.1, -0.05) is 76.2 Å². The summed E-state index contributed by atoms with van der Waals surface area (Å²) in [6.45, 7) is 9.71. The molecule has 0 fully saturated rings. The van der Waals surface area contributed by atoms with Crippen molar-refractivity contribution in [2.75, 3.05) is 9.80 Å². The molecule has 2 aliphatic rings. The molecule has 3 aromatic rings. The highest BCUT2D eigenvalue weighted by Crippen LogP contribution is 2.64. The summed E-state index contributed by atoms with van der Waals surface area (Å²) in [5, 5.41) is 0. The van der Waals surface area contributed by atoms with Crippen LogP contribution in [0.3, 0.4) is 0 Å². The summed E-state index contributed by atoms with van der Waals surface area (Å²) < 4.78 is 0. The number of anilines is 4. The van der Waals surface area contributed by atoms with E-state index in [0.29, 0.717) is 0 Å². The Morgan fingerprint density at radius 2 is 1.21 bits per heavy atom. The van der Waals surface area contributed by atoms with Crippen LogP contribution in [-0.4, -0.2) is 6.17 Å². The summed E-state index contributed by atoms with van der Waals surface area (Å²) in [5.74, 6) is 0. The van der Waals surface area contributed by atoms with Gasteiger partial charge in [0.15, 0.2) is 0 Å². The van der Waals surface area contributed by atoms with Gasteiger partial charge in [-0.3, -0.25) is 0 Å². The van der Waals surface area contributed by atoms with E-state index in [1.807, 2.05) is 0 Å². The minimum Gasteiger partial charge on any atom is -0.318 e. The molecule has 0 radical (unpaired) electrons. The van der Waals surface area contributed by atoms with Crippen molar-refractivity contribution in [3.8, 4) is 0 Å². The van der Waals surface area contributed by atoms with E-state index < -0.39 is 0 Å². The van der Waals surface area contributed by atoms with E-state index >= 15 is 0 Å². The van der Waals surface area contributed by atoms with E-state index in [1.54, 1.807) is 0 Å². The maximum Gasteiger partial charge on any atom is 0.117 e. The Balaban J connectivity index is 1.86. The second-order valence-electron chi connectivity index (χ2n) is 8.91. The van der Waals surface area contributed by atoms with E-state index in [1.165, 1.54) is 28.3 Å². The lowest BCUT2D eigenvalue weighted by molar-refractivity contribution is 0.0967. The Labute approximate surface area is 174 Å². The molecule has 0 amide bonds. The first kappa shape index (κ1) is 18.3. The Hall–Kier alpha value is -2.74. The summed E-state index contributed by atoms with van der Waals surface area (Å²) in [4.78, 5) is 5.20. The van der Waals surface area contributed by atoms with E-state index in [-0.39, 0.29) is 17.0 Å². The van der Waals surface area contributed by atoms with Crippen LogP contribution < -0.4 is 9.80 Å². The lowest BCUT2D eigenvalue weighted by Gasteiger charge is -2.59. The Morgan fingerprint density at radius 1 is 0.655 bits per heavy atom. The predicted molar refractivity (Wildman–Crippen MR) is 123 cm³/mol. The van der Waals surface area contributed by atoms with Gasteiger partial charge in [0, 0.05) is 22.2 Å². The fourth-order valence-electron chi connectivity index (χ4n) is 5.86. The van der Waals surface area contributed by atoms with E-state index in [4.69, 9.17) is 0 Å². The number of hydrogen-bond donors (Lipinski definition) is 0. The van der Waals surface area contributed by atoms with E-state index in [9.17, 15) is 0 Å². The quantitative estimate of drug-likeness (QED) is 0.465. The third-order valence-corrected chi connectivity index (χ3v) is 7.95. The first-order valence-electron chi connectivity index (χ1n) is 10.9. The van der Waals surface area contributed by atoms with Gasteiger partial charge in [0.05, 0.1) is 11.4 Å². The SMILES string of the molecule is CCC1(C)c2ccccc2N2c3ccccc3N(c3ccccc3)C2C1(C)CC. The molecule has 2 aliphatic heterocycles. The van der Waals surface area contributed by atoms with Crippen LogP contribution in [0.5, 0.6) is 0 Å². The minimum atomic E-state index is 0.0744. The molecule has 2 heteroatoms. The van der Waals surface area contributed by atoms with Crippen LogP contribution in [0.25, 0.3) is 0 Å². The third kappa shape index (κ3) is 2.23. The minimum absolute atomic E-state index is 0.0744. The molecule has 148 valence electrons. The molecule has 2 nitrogen and oxygen atoms in total. The molecule has 3 unspecified atom stereocenters. The predicted octanol–water partition coefficient (Wildman–Crippen LogP) is 7.40. The van der Waals surface area contributed by atoms with Gasteiger partial charge in [-0.25, -0.2) is 0 Å². The van der Waals surface area contributed by atoms with Crippen LogP contribution in [0.1, 0.15) is 46.1 Å². The van der Waals surface area contributed by atoms with Gasteiger partial charge in [-0.15, -0.1) is 0 Å². The Morgan fingerprint density at radius 3 is 1.83 bits per heavy atom. The van der Waals surface area contributed by atoms with Crippen LogP contribution in [-0.2, 0) is 5.41 Å². The number of rotatable bonds is 3.